The van der Waals surface area contributed by atoms with Gasteiger partial charge in [-0.25, -0.2) is 4.79 Å². The fourth-order valence-corrected chi connectivity index (χ4v) is 2.60. The molecule has 7 nitrogen and oxygen atoms in total. The number of urea groups is 1. The summed E-state index contributed by atoms with van der Waals surface area (Å²) in [6.45, 7) is 0.514. The molecular formula is C17H14Cl2N4O3. The summed E-state index contributed by atoms with van der Waals surface area (Å²) >= 11 is 11.8. The largest absolute Gasteiger partial charge is 0.475 e. The van der Waals surface area contributed by atoms with E-state index in [1.807, 2.05) is 0 Å². The number of halogens is 2. The molecule has 2 amide bonds. The second kappa shape index (κ2) is 8.55. The first-order valence-electron chi connectivity index (χ1n) is 7.61. The number of furan rings is 1. The lowest BCUT2D eigenvalue weighted by atomic mass is 10.3. The molecule has 2 aromatic heterocycles. The Morgan fingerprint density at radius 2 is 1.92 bits per heavy atom. The summed E-state index contributed by atoms with van der Waals surface area (Å²) in [5.74, 6) is 0.979. The van der Waals surface area contributed by atoms with E-state index in [0.29, 0.717) is 33.1 Å². The van der Waals surface area contributed by atoms with Gasteiger partial charge in [0.2, 0.25) is 5.88 Å². The molecule has 134 valence electrons. The van der Waals surface area contributed by atoms with Gasteiger partial charge >= 0.3 is 6.03 Å². The summed E-state index contributed by atoms with van der Waals surface area (Å²) in [7, 11) is 0. The summed E-state index contributed by atoms with van der Waals surface area (Å²) < 4.78 is 10.7. The number of hydrogen-bond acceptors (Lipinski definition) is 5. The Morgan fingerprint density at radius 1 is 1.12 bits per heavy atom. The van der Waals surface area contributed by atoms with Crippen molar-refractivity contribution in [3.8, 4) is 17.3 Å². The van der Waals surface area contributed by atoms with Crippen molar-refractivity contribution in [3.05, 3.63) is 58.8 Å². The van der Waals surface area contributed by atoms with Crippen molar-refractivity contribution in [2.45, 2.75) is 0 Å². The number of carbonyl (C=O) groups excluding carboxylic acids is 1. The van der Waals surface area contributed by atoms with Gasteiger partial charge in [0.15, 0.2) is 5.76 Å². The molecule has 0 fully saturated rings. The molecule has 9 heteroatoms. The quantitative estimate of drug-likeness (QED) is 0.612. The summed E-state index contributed by atoms with van der Waals surface area (Å²) in [5, 5.41) is 14.1. The molecule has 0 aliphatic rings. The number of anilines is 1. The standard InChI is InChI=1S/C17H14Cl2N4O3/c18-11-8-12(19)10-13(9-11)21-17(24)20-5-7-26-16-4-3-14(22-23-16)15-2-1-6-25-15/h1-4,6,8-10H,5,7H2,(H2,20,21,24). The highest BCUT2D eigenvalue weighted by Crippen LogP contribution is 2.22. The van der Waals surface area contributed by atoms with Crippen LogP contribution in [0.15, 0.2) is 53.1 Å². The number of nitrogens with one attached hydrogen (secondary N) is 2. The molecular weight excluding hydrogens is 379 g/mol. The van der Waals surface area contributed by atoms with Crippen LogP contribution >= 0.6 is 23.2 Å². The number of aromatic nitrogens is 2. The minimum Gasteiger partial charge on any atom is -0.475 e. The topological polar surface area (TPSA) is 89.3 Å². The Balaban J connectivity index is 1.41. The number of amides is 2. The molecule has 2 heterocycles. The lowest BCUT2D eigenvalue weighted by Crippen LogP contribution is -2.32. The molecule has 3 rings (SSSR count). The average Bonchev–Trinajstić information content (AvgIpc) is 3.13. The van der Waals surface area contributed by atoms with Crippen LogP contribution in [0.2, 0.25) is 10.0 Å². The number of hydrogen-bond donors (Lipinski definition) is 2. The molecule has 26 heavy (non-hydrogen) atoms. The number of rotatable bonds is 6. The Labute approximate surface area is 159 Å². The Morgan fingerprint density at radius 3 is 2.58 bits per heavy atom. The SMILES string of the molecule is O=C(NCCOc1ccc(-c2ccco2)nn1)Nc1cc(Cl)cc(Cl)c1. The average molecular weight is 393 g/mol. The normalized spacial score (nSPS) is 10.4. The summed E-state index contributed by atoms with van der Waals surface area (Å²) in [6, 6.07) is 11.4. The van der Waals surface area contributed by atoms with E-state index in [4.69, 9.17) is 32.4 Å². The smallest absolute Gasteiger partial charge is 0.319 e. The van der Waals surface area contributed by atoms with Gasteiger partial charge in [-0.1, -0.05) is 23.2 Å². The van der Waals surface area contributed by atoms with Crippen molar-refractivity contribution in [1.82, 2.24) is 15.5 Å². The first-order chi connectivity index (χ1) is 12.6. The van der Waals surface area contributed by atoms with Crippen molar-refractivity contribution >= 4 is 34.9 Å². The zero-order chi connectivity index (χ0) is 18.4. The number of benzene rings is 1. The third-order valence-corrected chi connectivity index (χ3v) is 3.61. The molecule has 0 radical (unpaired) electrons. The van der Waals surface area contributed by atoms with Gasteiger partial charge in [-0.3, -0.25) is 0 Å². The van der Waals surface area contributed by atoms with Gasteiger partial charge in [0.05, 0.1) is 12.8 Å². The highest BCUT2D eigenvalue weighted by atomic mass is 35.5. The third-order valence-electron chi connectivity index (χ3n) is 3.17. The number of carbonyl (C=O) groups is 1. The second-order valence-corrected chi connectivity index (χ2v) is 5.99. The van der Waals surface area contributed by atoms with Crippen LogP contribution < -0.4 is 15.4 Å². The minimum absolute atomic E-state index is 0.235. The van der Waals surface area contributed by atoms with E-state index in [1.54, 1.807) is 48.7 Å². The Bertz CT molecular complexity index is 850. The number of nitrogens with zero attached hydrogens (tertiary/aromatic N) is 2. The Kier molecular flexibility index (Phi) is 5.93. The number of ether oxygens (including phenoxy) is 1. The first-order valence-corrected chi connectivity index (χ1v) is 8.37. The lowest BCUT2D eigenvalue weighted by molar-refractivity contribution is 0.246. The fraction of sp³-hybridized carbons (Fsp3) is 0.118. The van der Waals surface area contributed by atoms with E-state index in [9.17, 15) is 4.79 Å². The van der Waals surface area contributed by atoms with Crippen LogP contribution in [0.4, 0.5) is 10.5 Å². The van der Waals surface area contributed by atoms with Crippen molar-refractivity contribution in [2.75, 3.05) is 18.5 Å². The molecule has 1 aromatic carbocycles. The second-order valence-electron chi connectivity index (χ2n) is 5.12. The van der Waals surface area contributed by atoms with Gasteiger partial charge in [-0.2, -0.15) is 0 Å². The van der Waals surface area contributed by atoms with E-state index >= 15 is 0 Å². The zero-order valence-corrected chi connectivity index (χ0v) is 14.9. The maximum Gasteiger partial charge on any atom is 0.319 e. The zero-order valence-electron chi connectivity index (χ0n) is 13.4. The van der Waals surface area contributed by atoms with Gasteiger partial charge in [0.1, 0.15) is 12.3 Å². The summed E-state index contributed by atoms with van der Waals surface area (Å²) in [5.41, 5.74) is 1.11. The van der Waals surface area contributed by atoms with Gasteiger partial charge in [0, 0.05) is 21.8 Å². The van der Waals surface area contributed by atoms with Crippen molar-refractivity contribution in [3.63, 3.8) is 0 Å². The van der Waals surface area contributed by atoms with E-state index < -0.39 is 6.03 Å². The van der Waals surface area contributed by atoms with Gasteiger partial charge in [-0.05, 0) is 36.4 Å². The molecule has 0 aliphatic carbocycles. The molecule has 2 N–H and O–H groups in total. The predicted molar refractivity (Wildman–Crippen MR) is 98.7 cm³/mol. The van der Waals surface area contributed by atoms with Gasteiger partial charge < -0.3 is 19.8 Å². The van der Waals surface area contributed by atoms with Crippen LogP contribution in [0, 0.1) is 0 Å². The van der Waals surface area contributed by atoms with Crippen LogP contribution in [0.1, 0.15) is 0 Å². The molecule has 0 aliphatic heterocycles. The highest BCUT2D eigenvalue weighted by molar-refractivity contribution is 6.35. The van der Waals surface area contributed by atoms with Crippen LogP contribution in [-0.2, 0) is 0 Å². The summed E-state index contributed by atoms with van der Waals surface area (Å²) in [4.78, 5) is 11.8. The molecule has 0 bridgehead atoms. The van der Waals surface area contributed by atoms with Crippen LogP contribution in [0.3, 0.4) is 0 Å². The van der Waals surface area contributed by atoms with Crippen molar-refractivity contribution < 1.29 is 13.9 Å². The van der Waals surface area contributed by atoms with Gasteiger partial charge in [-0.15, -0.1) is 10.2 Å². The first kappa shape index (κ1) is 18.0. The van der Waals surface area contributed by atoms with Crippen LogP contribution in [-0.4, -0.2) is 29.4 Å². The predicted octanol–water partition coefficient (Wildman–Crippen LogP) is 4.24. The highest BCUT2D eigenvalue weighted by Gasteiger charge is 2.05. The van der Waals surface area contributed by atoms with Crippen molar-refractivity contribution in [1.29, 1.82) is 0 Å². The molecule has 3 aromatic rings. The van der Waals surface area contributed by atoms with Crippen molar-refractivity contribution in [2.24, 2.45) is 0 Å². The van der Waals surface area contributed by atoms with E-state index in [0.717, 1.165) is 0 Å². The van der Waals surface area contributed by atoms with E-state index in [2.05, 4.69) is 20.8 Å². The van der Waals surface area contributed by atoms with E-state index in [-0.39, 0.29) is 13.2 Å². The minimum atomic E-state index is -0.397. The maximum atomic E-state index is 11.8. The van der Waals surface area contributed by atoms with Gasteiger partial charge in [0.25, 0.3) is 0 Å². The molecule has 0 atom stereocenters. The Hall–Kier alpha value is -2.77. The summed E-state index contributed by atoms with van der Waals surface area (Å²) in [6.07, 6.45) is 1.56. The molecule has 0 spiro atoms. The molecule has 0 saturated carbocycles. The van der Waals surface area contributed by atoms with Crippen LogP contribution in [0.25, 0.3) is 11.5 Å². The lowest BCUT2D eigenvalue weighted by Gasteiger charge is -2.09. The maximum absolute atomic E-state index is 11.8. The molecule has 0 unspecified atom stereocenters. The monoisotopic (exact) mass is 392 g/mol. The van der Waals surface area contributed by atoms with Crippen LogP contribution in [0.5, 0.6) is 5.88 Å². The molecule has 0 saturated heterocycles. The third kappa shape index (κ3) is 5.11. The van der Waals surface area contributed by atoms with E-state index in [1.165, 1.54) is 0 Å². The fourth-order valence-electron chi connectivity index (χ4n) is 2.07.